The number of fused-ring (bicyclic) bond motifs is 1. The topological polar surface area (TPSA) is 131 Å². The van der Waals surface area contributed by atoms with Crippen molar-refractivity contribution in [2.24, 2.45) is 0 Å². The van der Waals surface area contributed by atoms with Crippen LogP contribution in [-0.4, -0.2) is 67.3 Å². The summed E-state index contributed by atoms with van der Waals surface area (Å²) in [4.78, 5) is 40.5. The second kappa shape index (κ2) is 13.0. The smallest absolute Gasteiger partial charge is 0.294 e. The minimum absolute atomic E-state index is 0.0798. The van der Waals surface area contributed by atoms with E-state index in [0.29, 0.717) is 24.3 Å². The molecule has 3 unspecified atom stereocenters. The number of carbonyl (C=O) groups is 2. The number of likely N-dealkylation sites (N-methyl/N-ethyl adjacent to an activating group) is 1. The van der Waals surface area contributed by atoms with Crippen molar-refractivity contribution < 1.29 is 29.4 Å². The number of hydrogen-bond donors (Lipinski definition) is 2. The van der Waals surface area contributed by atoms with Gasteiger partial charge in [0.1, 0.15) is 22.5 Å². The first-order valence-electron chi connectivity index (χ1n) is 10.6. The molecule has 0 saturated carbocycles. The molecule has 0 fully saturated rings. The number of hydrogen-bond acceptors (Lipinski definition) is 8. The lowest BCUT2D eigenvalue weighted by molar-refractivity contribution is -0.757. The van der Waals surface area contributed by atoms with Crippen molar-refractivity contribution in [2.45, 2.75) is 52.7 Å². The molecule has 3 atom stereocenters. The molecule has 0 saturated heterocycles. The summed E-state index contributed by atoms with van der Waals surface area (Å²) in [5.41, 5.74) is 1.62. The number of alkyl halides is 2. The van der Waals surface area contributed by atoms with Crippen LogP contribution in [0.15, 0.2) is 18.2 Å². The van der Waals surface area contributed by atoms with Crippen LogP contribution >= 0.6 is 45.2 Å². The summed E-state index contributed by atoms with van der Waals surface area (Å²) in [5, 5.41) is 22.7. The highest BCUT2D eigenvalue weighted by Gasteiger charge is 2.35. The van der Waals surface area contributed by atoms with Crippen molar-refractivity contribution >= 4 is 56.9 Å². The van der Waals surface area contributed by atoms with Crippen LogP contribution in [0.4, 0.5) is 0 Å². The highest BCUT2D eigenvalue weighted by molar-refractivity contribution is 14.1. The third kappa shape index (κ3) is 8.47. The number of halogens is 2. The van der Waals surface area contributed by atoms with Gasteiger partial charge in [0, 0.05) is 30.5 Å². The zero-order valence-electron chi connectivity index (χ0n) is 18.6. The van der Waals surface area contributed by atoms with Crippen molar-refractivity contribution in [2.75, 3.05) is 26.8 Å². The molecule has 1 aromatic carbocycles. The molecule has 1 aliphatic rings. The number of amides is 1. The van der Waals surface area contributed by atoms with Crippen molar-refractivity contribution in [3.63, 3.8) is 0 Å². The summed E-state index contributed by atoms with van der Waals surface area (Å²) in [7, 11) is 1.85. The molecule has 0 aromatic heterocycles. The molecule has 1 aromatic rings. The van der Waals surface area contributed by atoms with Gasteiger partial charge in [-0.3, -0.25) is 14.5 Å². The largest absolute Gasteiger partial charge is 0.491 e. The third-order valence-electron chi connectivity index (χ3n) is 5.42. The quantitative estimate of drug-likeness (QED) is 0.0808. The lowest BCUT2D eigenvalue weighted by atomic mass is 9.90. The summed E-state index contributed by atoms with van der Waals surface area (Å²) in [6, 6.07) is 5.44. The number of carbonyl (C=O) groups excluding carboxylic acids is 2. The Morgan fingerprint density at radius 2 is 2.15 bits per heavy atom. The first-order valence-corrected chi connectivity index (χ1v) is 12.9. The minimum atomic E-state index is -0.878. The maximum atomic E-state index is 12.1. The van der Waals surface area contributed by atoms with Gasteiger partial charge in [-0.05, 0) is 39.3 Å². The average molecular weight is 689 g/mol. The number of Topliss-reactive ketones (excluding diaryl/α,β-unsaturated/α-hetero) is 1. The highest BCUT2D eigenvalue weighted by atomic mass is 127. The molecule has 184 valence electrons. The van der Waals surface area contributed by atoms with Gasteiger partial charge in [-0.15, -0.1) is 10.1 Å². The Kier molecular flexibility index (Phi) is 11.0. The van der Waals surface area contributed by atoms with Crippen molar-refractivity contribution in [1.82, 2.24) is 10.2 Å². The van der Waals surface area contributed by atoms with E-state index in [1.54, 1.807) is 6.07 Å². The zero-order chi connectivity index (χ0) is 24.6. The first kappa shape index (κ1) is 28.0. The van der Waals surface area contributed by atoms with Crippen LogP contribution in [0.25, 0.3) is 0 Å². The summed E-state index contributed by atoms with van der Waals surface area (Å²) < 4.78 is 5.05. The van der Waals surface area contributed by atoms with Gasteiger partial charge < -0.3 is 20.0 Å². The highest BCUT2D eigenvalue weighted by Crippen LogP contribution is 2.31. The van der Waals surface area contributed by atoms with Crippen molar-refractivity contribution in [3.8, 4) is 5.75 Å². The van der Waals surface area contributed by atoms with Crippen LogP contribution in [-0.2, 0) is 16.1 Å². The molecule has 12 heteroatoms. The monoisotopic (exact) mass is 689 g/mol. The number of benzene rings is 1. The van der Waals surface area contributed by atoms with Crippen LogP contribution in [0, 0.1) is 10.1 Å². The predicted octanol–water partition coefficient (Wildman–Crippen LogP) is 2.89. The molecule has 0 bridgehead atoms. The fourth-order valence-corrected chi connectivity index (χ4v) is 4.60. The molecule has 2 rings (SSSR count). The van der Waals surface area contributed by atoms with Crippen LogP contribution in [0.2, 0.25) is 0 Å². The molecule has 33 heavy (non-hydrogen) atoms. The Hall–Kier alpha value is -1.26. The number of rotatable bonds is 13. The Bertz CT molecular complexity index is 853. The summed E-state index contributed by atoms with van der Waals surface area (Å²) in [5.74, 6) is 0.535. The fourth-order valence-electron chi connectivity index (χ4n) is 3.42. The van der Waals surface area contributed by atoms with Gasteiger partial charge in [0.2, 0.25) is 5.91 Å². The lowest BCUT2D eigenvalue weighted by Crippen LogP contribution is -2.54. The van der Waals surface area contributed by atoms with Crippen molar-refractivity contribution in [3.05, 3.63) is 39.4 Å². The number of ether oxygens (including phenoxy) is 1. The fraction of sp³-hybridized carbons (Fsp3) is 0.619. The normalized spacial score (nSPS) is 17.0. The van der Waals surface area contributed by atoms with E-state index in [1.165, 1.54) is 0 Å². The van der Waals surface area contributed by atoms with E-state index in [1.807, 2.05) is 31.0 Å². The average Bonchev–Trinajstić information content (AvgIpc) is 2.75. The maximum absolute atomic E-state index is 12.1. The molecular weight excluding hydrogens is 660 g/mol. The molecule has 10 nitrogen and oxygen atoms in total. The van der Waals surface area contributed by atoms with Gasteiger partial charge in [0.15, 0.2) is 5.78 Å². The van der Waals surface area contributed by atoms with Crippen LogP contribution in [0.5, 0.6) is 5.75 Å². The summed E-state index contributed by atoms with van der Waals surface area (Å²) >= 11 is 4.34. The SMILES string of the molecule is CN(CC(O)COc1cccc2c1CCCC2=O)C(C)(I)C(I)NC(=O)CCCO[N+](=O)[O-]. The Morgan fingerprint density at radius 3 is 2.85 bits per heavy atom. The summed E-state index contributed by atoms with van der Waals surface area (Å²) in [6.45, 7) is 2.20. The molecule has 2 N–H and O–H groups in total. The first-order chi connectivity index (χ1) is 15.5. The Balaban J connectivity index is 1.83. The van der Waals surface area contributed by atoms with Gasteiger partial charge >= 0.3 is 0 Å². The molecule has 0 radical (unpaired) electrons. The standard InChI is InChI=1S/C21H29I2N3O7/c1-21(23,20(22)24-19(29)10-5-11-33-26(30)31)25(2)12-14(27)13-32-18-9-4-6-15-16(18)7-3-8-17(15)28/h4,6,9,14,20,27H,3,5,7-8,10-13H2,1-2H3,(H,24,29). The Labute approximate surface area is 220 Å². The maximum Gasteiger partial charge on any atom is 0.294 e. The van der Waals surface area contributed by atoms with Crippen molar-refractivity contribution in [1.29, 1.82) is 0 Å². The van der Waals surface area contributed by atoms with Gasteiger partial charge in [0.25, 0.3) is 5.09 Å². The molecular formula is C21H29I2N3O7. The van der Waals surface area contributed by atoms with E-state index < -0.39 is 14.7 Å². The van der Waals surface area contributed by atoms with E-state index >= 15 is 0 Å². The van der Waals surface area contributed by atoms with Gasteiger partial charge in [0.05, 0.1) is 10.2 Å². The molecule has 1 amide bonds. The molecule has 0 aliphatic heterocycles. The predicted molar refractivity (Wildman–Crippen MR) is 138 cm³/mol. The van der Waals surface area contributed by atoms with E-state index in [-0.39, 0.29) is 41.8 Å². The minimum Gasteiger partial charge on any atom is -0.491 e. The van der Waals surface area contributed by atoms with E-state index in [2.05, 4.69) is 55.3 Å². The second-order valence-electron chi connectivity index (χ2n) is 8.02. The van der Waals surface area contributed by atoms with Gasteiger partial charge in [-0.25, -0.2) is 0 Å². The van der Waals surface area contributed by atoms with E-state index in [4.69, 9.17) is 4.74 Å². The third-order valence-corrected chi connectivity index (χ3v) is 9.58. The number of nitrogens with one attached hydrogen (secondary N) is 1. The number of aliphatic hydroxyl groups is 1. The second-order valence-corrected chi connectivity index (χ2v) is 11.4. The summed E-state index contributed by atoms with van der Waals surface area (Å²) in [6.07, 6.45) is 1.72. The van der Waals surface area contributed by atoms with E-state index in [0.717, 1.165) is 18.4 Å². The van der Waals surface area contributed by atoms with Gasteiger partial charge in [-0.1, -0.05) is 57.3 Å². The zero-order valence-corrected chi connectivity index (χ0v) is 22.9. The molecule has 1 aliphatic carbocycles. The van der Waals surface area contributed by atoms with Crippen LogP contribution in [0.3, 0.4) is 0 Å². The lowest BCUT2D eigenvalue weighted by Gasteiger charge is -2.39. The number of nitrogens with zero attached hydrogens (tertiary/aromatic N) is 2. The van der Waals surface area contributed by atoms with Gasteiger partial charge in [-0.2, -0.15) is 0 Å². The number of aliphatic hydroxyl groups excluding tert-OH is 1. The van der Waals surface area contributed by atoms with Crippen LogP contribution < -0.4 is 10.1 Å². The molecule has 0 heterocycles. The van der Waals surface area contributed by atoms with E-state index in [9.17, 15) is 24.8 Å². The van der Waals surface area contributed by atoms with Crippen LogP contribution in [0.1, 0.15) is 48.5 Å². The molecule has 0 spiro atoms. The Morgan fingerprint density at radius 1 is 1.42 bits per heavy atom. The number of ketones is 1.